The van der Waals surface area contributed by atoms with Crippen molar-refractivity contribution in [1.29, 1.82) is 1.12 Å². The number of rotatable bonds is 9. The maximum Gasteiger partial charge on any atom is 0.245 e. The van der Waals surface area contributed by atoms with E-state index in [1.54, 1.807) is 0 Å². The Bertz CT molecular complexity index is 218. The molecule has 7 heteroatoms. The fourth-order valence-electron chi connectivity index (χ4n) is 0.878. The number of thiol groups is 1. The van der Waals surface area contributed by atoms with E-state index < -0.39 is 5.91 Å². The summed E-state index contributed by atoms with van der Waals surface area (Å²) in [6.45, 7) is 0.612. The summed E-state index contributed by atoms with van der Waals surface area (Å²) in [7, 11) is 0. The molecular weight excluding hydrogens is 220 g/mol. The molecule has 0 unspecified atom stereocenters. The van der Waals surface area contributed by atoms with E-state index in [1.807, 2.05) is 5.48 Å². The Balaban J connectivity index is 3.38. The quantitative estimate of drug-likeness (QED) is 0.190. The molecule has 0 aliphatic rings. The summed E-state index contributed by atoms with van der Waals surface area (Å²) in [6, 6.07) is 0. The minimum absolute atomic E-state index is 0.0202. The van der Waals surface area contributed by atoms with Crippen LogP contribution < -0.4 is 10.8 Å². The number of unbranched alkanes of at least 4 members (excludes halogenated alkanes) is 1. The number of aliphatic hydroxyl groups is 1. The van der Waals surface area contributed by atoms with Gasteiger partial charge in [0.25, 0.3) is 0 Å². The van der Waals surface area contributed by atoms with E-state index in [0.29, 0.717) is 19.4 Å². The lowest BCUT2D eigenvalue weighted by molar-refractivity contribution is -0.130. The molecular formula is C8H16N2O4S. The van der Waals surface area contributed by atoms with Crippen molar-refractivity contribution in [1.82, 2.24) is 10.8 Å². The van der Waals surface area contributed by atoms with Crippen LogP contribution in [-0.4, -0.2) is 31.2 Å². The molecule has 88 valence electrons. The summed E-state index contributed by atoms with van der Waals surface area (Å²) in [5.41, 5.74) is 1.99. The lowest BCUT2D eigenvalue weighted by Crippen LogP contribution is -2.27. The SMILES string of the molecule is [3H]SONC(=O)CCC(=O)NCCCCO. The molecule has 0 aromatic carbocycles. The van der Waals surface area contributed by atoms with Crippen LogP contribution in [0.25, 0.3) is 0 Å². The first kappa shape index (κ1) is 12.3. The van der Waals surface area contributed by atoms with Crippen LogP contribution in [0, 0.1) is 0 Å². The molecule has 0 aliphatic heterocycles. The van der Waals surface area contributed by atoms with Crippen molar-refractivity contribution in [2.45, 2.75) is 25.7 Å². The molecule has 0 spiro atoms. The zero-order chi connectivity index (χ0) is 12.2. The topological polar surface area (TPSA) is 87.7 Å². The maximum atomic E-state index is 11.1. The van der Waals surface area contributed by atoms with Gasteiger partial charge in [-0.05, 0) is 12.8 Å². The highest BCUT2D eigenvalue weighted by Gasteiger charge is 2.05. The van der Waals surface area contributed by atoms with E-state index in [4.69, 9.17) is 6.23 Å². The molecule has 0 heterocycles. The van der Waals surface area contributed by atoms with Gasteiger partial charge in [0.15, 0.2) is 0 Å². The number of hydrogen-bond acceptors (Lipinski definition) is 5. The first-order valence-corrected chi connectivity index (χ1v) is 4.99. The van der Waals surface area contributed by atoms with E-state index in [1.165, 1.54) is 0 Å². The molecule has 0 aromatic heterocycles. The predicted octanol–water partition coefficient (Wildman–Crippen LogP) is -0.452. The average molecular weight is 238 g/mol. The molecule has 0 aliphatic carbocycles. The van der Waals surface area contributed by atoms with Gasteiger partial charge in [0.05, 0.1) is 0 Å². The van der Waals surface area contributed by atoms with Crippen LogP contribution in [-0.2, 0) is 13.9 Å². The second-order valence-corrected chi connectivity index (χ2v) is 3.06. The van der Waals surface area contributed by atoms with Gasteiger partial charge in [0.2, 0.25) is 11.8 Å². The lowest BCUT2D eigenvalue weighted by Gasteiger charge is -2.04. The smallest absolute Gasteiger partial charge is 0.245 e. The summed E-state index contributed by atoms with van der Waals surface area (Å²) in [4.78, 5) is 22.1. The van der Waals surface area contributed by atoms with Crippen molar-refractivity contribution in [2.24, 2.45) is 0 Å². The molecule has 0 rings (SSSR count). The fraction of sp³-hybridized carbons (Fsp3) is 0.750. The highest BCUT2D eigenvalue weighted by atomic mass is 32.1. The summed E-state index contributed by atoms with van der Waals surface area (Å²) >= 11 is 0.277. The average Bonchev–Trinajstić information content (AvgIpc) is 2.29. The maximum absolute atomic E-state index is 11.1. The van der Waals surface area contributed by atoms with E-state index in [2.05, 4.69) is 9.60 Å². The number of amides is 2. The first-order chi connectivity index (χ1) is 7.70. The molecule has 0 saturated carbocycles. The van der Waals surface area contributed by atoms with Crippen molar-refractivity contribution < 1.29 is 19.0 Å². The Morgan fingerprint density at radius 3 is 2.73 bits per heavy atom. The monoisotopic (exact) mass is 238 g/mol. The highest BCUT2D eigenvalue weighted by Crippen LogP contribution is 1.91. The Kier molecular flexibility index (Phi) is 7.98. The summed E-state index contributed by atoms with van der Waals surface area (Å²) < 4.78 is 10.8. The molecule has 2 amide bonds. The Labute approximate surface area is 95.0 Å². The van der Waals surface area contributed by atoms with Crippen LogP contribution in [0.1, 0.15) is 25.7 Å². The normalized spacial score (nSPS) is 10.6. The highest BCUT2D eigenvalue weighted by molar-refractivity contribution is 7.75. The molecule has 0 aromatic rings. The van der Waals surface area contributed by atoms with Gasteiger partial charge in [-0.25, -0.2) is 9.76 Å². The molecule has 0 atom stereocenters. The molecule has 0 bridgehead atoms. The number of hydroxylamine groups is 1. The van der Waals surface area contributed by atoms with Gasteiger partial charge in [0.1, 0.15) is 1.12 Å². The minimum Gasteiger partial charge on any atom is -0.396 e. The van der Waals surface area contributed by atoms with Crippen LogP contribution in [0.15, 0.2) is 0 Å². The fourth-order valence-corrected chi connectivity index (χ4v) is 0.971. The number of nitrogens with one attached hydrogen (secondary N) is 2. The third kappa shape index (κ3) is 9.51. The standard InChI is InChI=1S/C8H16N2O4S/c11-6-2-1-5-9-7(12)3-4-8(13)10-14-15/h11,15H,1-6H2,(H,9,12)(H,10,13)/i/hT. The Hall–Kier alpha value is -0.790. The zero-order valence-electron chi connectivity index (χ0n) is 9.32. The van der Waals surface area contributed by atoms with Crippen molar-refractivity contribution in [3.8, 4) is 0 Å². The predicted molar refractivity (Wildman–Crippen MR) is 56.8 cm³/mol. The Morgan fingerprint density at radius 1 is 1.33 bits per heavy atom. The van der Waals surface area contributed by atoms with E-state index in [-0.39, 0.29) is 38.2 Å². The van der Waals surface area contributed by atoms with Crippen LogP contribution in [0.3, 0.4) is 0 Å². The number of hydrogen-bond donors (Lipinski definition) is 4. The van der Waals surface area contributed by atoms with Gasteiger partial charge in [-0.2, -0.15) is 0 Å². The number of carbonyl (C=O) groups excluding carboxylic acids is 2. The van der Waals surface area contributed by atoms with E-state index in [9.17, 15) is 9.59 Å². The van der Waals surface area contributed by atoms with Crippen molar-refractivity contribution in [3.63, 3.8) is 0 Å². The summed E-state index contributed by atoms with van der Waals surface area (Å²) in [6.07, 6.45) is 1.46. The third-order valence-electron chi connectivity index (χ3n) is 1.64. The van der Waals surface area contributed by atoms with Gasteiger partial charge < -0.3 is 10.4 Å². The van der Waals surface area contributed by atoms with E-state index >= 15 is 0 Å². The second kappa shape index (κ2) is 9.75. The zero-order valence-corrected chi connectivity index (χ0v) is 9.14. The number of aliphatic hydroxyl groups excluding tert-OH is 1. The van der Waals surface area contributed by atoms with Crippen LogP contribution in [0.4, 0.5) is 0 Å². The molecule has 0 fully saturated rings. The van der Waals surface area contributed by atoms with Crippen molar-refractivity contribution in [2.75, 3.05) is 13.2 Å². The molecule has 3 N–H and O–H groups in total. The first-order valence-electron chi connectivity index (χ1n) is 5.06. The molecule has 0 saturated heterocycles. The van der Waals surface area contributed by atoms with E-state index in [0.717, 1.165) is 0 Å². The second-order valence-electron chi connectivity index (χ2n) is 2.89. The minimum atomic E-state index is -0.440. The van der Waals surface area contributed by atoms with Gasteiger partial charge in [-0.15, -0.1) is 0 Å². The van der Waals surface area contributed by atoms with Gasteiger partial charge in [-0.3, -0.25) is 9.59 Å². The third-order valence-corrected chi connectivity index (χ3v) is 1.73. The number of carbonyl (C=O) groups is 2. The Morgan fingerprint density at radius 2 is 2.07 bits per heavy atom. The molecule has 0 radical (unpaired) electrons. The van der Waals surface area contributed by atoms with Gasteiger partial charge in [0, 0.05) is 38.8 Å². The van der Waals surface area contributed by atoms with Crippen LogP contribution in [0.2, 0.25) is 0 Å². The van der Waals surface area contributed by atoms with Gasteiger partial charge in [-0.1, -0.05) is 0 Å². The van der Waals surface area contributed by atoms with Gasteiger partial charge >= 0.3 is 0 Å². The summed E-state index contributed by atoms with van der Waals surface area (Å²) in [5, 5.41) is 11.1. The summed E-state index contributed by atoms with van der Waals surface area (Å²) in [5.74, 6) is -0.656. The van der Waals surface area contributed by atoms with Crippen LogP contribution >= 0.6 is 12.8 Å². The largest absolute Gasteiger partial charge is 0.396 e. The lowest BCUT2D eigenvalue weighted by atomic mass is 10.2. The van der Waals surface area contributed by atoms with Crippen LogP contribution in [0.5, 0.6) is 0 Å². The molecule has 6 nitrogen and oxygen atoms in total. The van der Waals surface area contributed by atoms with Crippen molar-refractivity contribution >= 4 is 24.6 Å². The molecule has 15 heavy (non-hydrogen) atoms. The van der Waals surface area contributed by atoms with Crippen molar-refractivity contribution in [3.05, 3.63) is 0 Å².